The van der Waals surface area contributed by atoms with Crippen molar-refractivity contribution in [2.45, 2.75) is 26.9 Å². The molecule has 0 fully saturated rings. The van der Waals surface area contributed by atoms with Gasteiger partial charge in [-0.05, 0) is 25.1 Å². The molecule has 1 aromatic rings. The van der Waals surface area contributed by atoms with E-state index < -0.39 is 0 Å². The van der Waals surface area contributed by atoms with Crippen molar-refractivity contribution in [2.24, 2.45) is 11.8 Å². The molecule has 0 spiro atoms. The molecule has 1 aliphatic heterocycles. The minimum absolute atomic E-state index is 0.0215. The van der Waals surface area contributed by atoms with Crippen LogP contribution in [0.15, 0.2) is 24.0 Å². The summed E-state index contributed by atoms with van der Waals surface area (Å²) in [6.07, 6.45) is 6.29. The number of nitrogens with one attached hydrogen (secondary N) is 1. The molecule has 1 N–H and O–H groups in total. The summed E-state index contributed by atoms with van der Waals surface area (Å²) < 4.78 is 11.1. The molecule has 2 aliphatic rings. The van der Waals surface area contributed by atoms with Crippen LogP contribution in [0.1, 0.15) is 48.6 Å². The molecule has 4 heteroatoms. The Kier molecular flexibility index (Phi) is 3.16. The summed E-state index contributed by atoms with van der Waals surface area (Å²) in [7, 11) is 0. The van der Waals surface area contributed by atoms with Crippen LogP contribution in [0.2, 0.25) is 0 Å². The van der Waals surface area contributed by atoms with Crippen molar-refractivity contribution in [1.82, 2.24) is 4.98 Å². The van der Waals surface area contributed by atoms with Crippen LogP contribution < -0.4 is 0 Å². The lowest BCUT2D eigenvalue weighted by Gasteiger charge is -2.21. The number of ether oxygens (including phenoxy) is 2. The van der Waals surface area contributed by atoms with Gasteiger partial charge in [-0.3, -0.25) is 0 Å². The van der Waals surface area contributed by atoms with Gasteiger partial charge in [0.1, 0.15) is 11.8 Å². The fraction of sp³-hybridized carbons (Fsp3) is 0.438. The molecule has 2 heterocycles. The Balaban J connectivity index is 1.89. The summed E-state index contributed by atoms with van der Waals surface area (Å²) in [6, 6.07) is 1.85. The first-order valence-corrected chi connectivity index (χ1v) is 7.06. The van der Waals surface area contributed by atoms with E-state index in [1.165, 1.54) is 0 Å². The molecule has 0 saturated heterocycles. The number of H-pyrrole nitrogens is 1. The summed E-state index contributed by atoms with van der Waals surface area (Å²) in [5.41, 5.74) is 2.46. The van der Waals surface area contributed by atoms with Gasteiger partial charge in [0.25, 0.3) is 0 Å². The molecule has 0 saturated carbocycles. The largest absolute Gasteiger partial charge is 0.489 e. The van der Waals surface area contributed by atoms with Gasteiger partial charge in [-0.1, -0.05) is 19.9 Å². The van der Waals surface area contributed by atoms with E-state index >= 15 is 0 Å². The van der Waals surface area contributed by atoms with Gasteiger partial charge in [-0.2, -0.15) is 0 Å². The number of rotatable bonds is 3. The Hall–Kier alpha value is -1.97. The van der Waals surface area contributed by atoms with Crippen molar-refractivity contribution in [3.63, 3.8) is 0 Å². The van der Waals surface area contributed by atoms with Crippen LogP contribution in [0.25, 0.3) is 6.08 Å². The molecule has 106 valence electrons. The van der Waals surface area contributed by atoms with E-state index in [0.29, 0.717) is 18.2 Å². The normalized spacial score (nSPS) is 23.1. The molecule has 2 unspecified atom stereocenters. The van der Waals surface area contributed by atoms with Crippen LogP contribution in [-0.4, -0.2) is 17.6 Å². The highest BCUT2D eigenvalue weighted by atomic mass is 16.5. The van der Waals surface area contributed by atoms with Crippen molar-refractivity contribution >= 4 is 12.0 Å². The first-order valence-electron chi connectivity index (χ1n) is 7.06. The second-order valence-electron chi connectivity index (χ2n) is 5.47. The molecular weight excluding hydrogens is 254 g/mol. The Labute approximate surface area is 118 Å². The predicted octanol–water partition coefficient (Wildman–Crippen LogP) is 3.45. The molecule has 20 heavy (non-hydrogen) atoms. The van der Waals surface area contributed by atoms with Crippen molar-refractivity contribution < 1.29 is 14.3 Å². The quantitative estimate of drug-likeness (QED) is 0.858. The summed E-state index contributed by atoms with van der Waals surface area (Å²) in [5.74, 6) is 1.34. The lowest BCUT2D eigenvalue weighted by molar-refractivity contribution is 0.0520. The lowest BCUT2D eigenvalue weighted by Crippen LogP contribution is -2.10. The van der Waals surface area contributed by atoms with Gasteiger partial charge in [0.05, 0.1) is 12.4 Å². The molecule has 4 nitrogen and oxygen atoms in total. The first kappa shape index (κ1) is 13.0. The third kappa shape index (κ3) is 2.05. The van der Waals surface area contributed by atoms with Gasteiger partial charge in [-0.25, -0.2) is 4.79 Å². The van der Waals surface area contributed by atoms with E-state index in [1.807, 2.05) is 12.1 Å². The third-order valence-corrected chi connectivity index (χ3v) is 3.71. The van der Waals surface area contributed by atoms with Gasteiger partial charge < -0.3 is 14.5 Å². The lowest BCUT2D eigenvalue weighted by atomic mass is 9.91. The van der Waals surface area contributed by atoms with E-state index in [4.69, 9.17) is 9.47 Å². The number of carbonyl (C=O) groups is 1. The highest BCUT2D eigenvalue weighted by Gasteiger charge is 2.35. The SMILES string of the molecule is CCOC(=O)c1cc2c([nH]1)C=CC1C=C(C(C)C)OC21. The Bertz CT molecular complexity index is 595. The molecular formula is C16H19NO3. The summed E-state index contributed by atoms with van der Waals surface area (Å²) in [4.78, 5) is 14.9. The van der Waals surface area contributed by atoms with Gasteiger partial charge in [0.2, 0.25) is 0 Å². The van der Waals surface area contributed by atoms with Gasteiger partial charge in [0, 0.05) is 23.1 Å². The predicted molar refractivity (Wildman–Crippen MR) is 76.0 cm³/mol. The third-order valence-electron chi connectivity index (χ3n) is 3.71. The highest BCUT2D eigenvalue weighted by Crippen LogP contribution is 2.43. The van der Waals surface area contributed by atoms with Crippen molar-refractivity contribution in [2.75, 3.05) is 6.61 Å². The van der Waals surface area contributed by atoms with Gasteiger partial charge in [-0.15, -0.1) is 0 Å². The van der Waals surface area contributed by atoms with Crippen LogP contribution in [0, 0.1) is 11.8 Å². The Morgan fingerprint density at radius 1 is 1.50 bits per heavy atom. The first-order chi connectivity index (χ1) is 9.60. The molecule has 0 bridgehead atoms. The number of hydrogen-bond acceptors (Lipinski definition) is 3. The second kappa shape index (κ2) is 4.85. The zero-order chi connectivity index (χ0) is 14.3. The number of esters is 1. The maximum Gasteiger partial charge on any atom is 0.354 e. The van der Waals surface area contributed by atoms with E-state index in [-0.39, 0.29) is 18.0 Å². The molecule has 2 atom stereocenters. The average Bonchev–Trinajstić information content (AvgIpc) is 3.02. The molecule has 0 radical (unpaired) electrons. The maximum atomic E-state index is 11.8. The number of fused-ring (bicyclic) bond motifs is 3. The minimum atomic E-state index is -0.318. The Morgan fingerprint density at radius 2 is 2.30 bits per heavy atom. The standard InChI is InChI=1S/C16H19NO3/c1-4-19-16(18)13-8-11-12(17-13)6-5-10-7-14(9(2)3)20-15(10)11/h5-10,15,17H,4H2,1-3H3. The van der Waals surface area contributed by atoms with E-state index in [0.717, 1.165) is 17.0 Å². The van der Waals surface area contributed by atoms with Crippen LogP contribution >= 0.6 is 0 Å². The molecule has 3 rings (SSSR count). The minimum Gasteiger partial charge on any atom is -0.489 e. The molecule has 1 aromatic heterocycles. The summed E-state index contributed by atoms with van der Waals surface area (Å²) in [5, 5.41) is 0. The van der Waals surface area contributed by atoms with Crippen LogP contribution in [-0.2, 0) is 9.47 Å². The van der Waals surface area contributed by atoms with Crippen molar-refractivity contribution in [3.05, 3.63) is 40.9 Å². The average molecular weight is 273 g/mol. The summed E-state index contributed by atoms with van der Waals surface area (Å²) in [6.45, 7) is 6.42. The maximum absolute atomic E-state index is 11.8. The number of allylic oxidation sites excluding steroid dienone is 1. The van der Waals surface area contributed by atoms with Gasteiger partial charge >= 0.3 is 5.97 Å². The molecule has 1 aliphatic carbocycles. The number of aromatic amines is 1. The highest BCUT2D eigenvalue weighted by molar-refractivity contribution is 5.88. The zero-order valence-electron chi connectivity index (χ0n) is 12.0. The van der Waals surface area contributed by atoms with Crippen LogP contribution in [0.4, 0.5) is 0 Å². The number of hydrogen-bond donors (Lipinski definition) is 1. The smallest absolute Gasteiger partial charge is 0.354 e. The zero-order valence-corrected chi connectivity index (χ0v) is 12.0. The van der Waals surface area contributed by atoms with Crippen LogP contribution in [0.5, 0.6) is 0 Å². The fourth-order valence-electron chi connectivity index (χ4n) is 2.68. The van der Waals surface area contributed by atoms with E-state index in [2.05, 4.69) is 31.0 Å². The molecule has 0 aromatic carbocycles. The number of aromatic nitrogens is 1. The summed E-state index contributed by atoms with van der Waals surface area (Å²) >= 11 is 0. The van der Waals surface area contributed by atoms with E-state index in [9.17, 15) is 4.79 Å². The molecule has 0 amide bonds. The monoisotopic (exact) mass is 273 g/mol. The topological polar surface area (TPSA) is 51.3 Å². The van der Waals surface area contributed by atoms with Crippen molar-refractivity contribution in [1.29, 1.82) is 0 Å². The second-order valence-corrected chi connectivity index (χ2v) is 5.47. The van der Waals surface area contributed by atoms with Gasteiger partial charge in [0.15, 0.2) is 0 Å². The fourth-order valence-corrected chi connectivity index (χ4v) is 2.68. The Morgan fingerprint density at radius 3 is 3.00 bits per heavy atom. The number of carbonyl (C=O) groups excluding carboxylic acids is 1. The van der Waals surface area contributed by atoms with E-state index in [1.54, 1.807) is 6.92 Å². The van der Waals surface area contributed by atoms with Crippen molar-refractivity contribution in [3.8, 4) is 0 Å². The van der Waals surface area contributed by atoms with Crippen LogP contribution in [0.3, 0.4) is 0 Å².